The van der Waals surface area contributed by atoms with Crippen molar-refractivity contribution in [2.45, 2.75) is 13.5 Å². The third kappa shape index (κ3) is 3.39. The summed E-state index contributed by atoms with van der Waals surface area (Å²) in [5.74, 6) is 0.336. The molecule has 9 heteroatoms. The predicted molar refractivity (Wildman–Crippen MR) is 82.1 cm³/mol. The largest absolute Gasteiger partial charge is 0.497 e. The third-order valence-electron chi connectivity index (χ3n) is 3.14. The second kappa shape index (κ2) is 6.77. The first-order chi connectivity index (χ1) is 11.0. The summed E-state index contributed by atoms with van der Waals surface area (Å²) in [5.41, 5.74) is -0.0668. The molecule has 1 amide bonds. The van der Waals surface area contributed by atoms with Crippen molar-refractivity contribution >= 4 is 17.3 Å². The van der Waals surface area contributed by atoms with Crippen LogP contribution in [0.3, 0.4) is 0 Å². The van der Waals surface area contributed by atoms with Crippen molar-refractivity contribution in [2.75, 3.05) is 19.5 Å². The lowest BCUT2D eigenvalue weighted by molar-refractivity contribution is -0.385. The molecule has 0 spiro atoms. The molecule has 122 valence electrons. The Bertz CT molecular complexity index is 719. The molecule has 0 aliphatic heterocycles. The molecule has 1 aromatic heterocycles. The van der Waals surface area contributed by atoms with Crippen molar-refractivity contribution in [3.8, 4) is 11.5 Å². The van der Waals surface area contributed by atoms with Gasteiger partial charge in [-0.1, -0.05) is 0 Å². The van der Waals surface area contributed by atoms with E-state index in [1.54, 1.807) is 25.1 Å². The predicted octanol–water partition coefficient (Wildman–Crippen LogP) is 2.08. The number of carbonyl (C=O) groups excluding carboxylic acids is 1. The minimum absolute atomic E-state index is 0.112. The van der Waals surface area contributed by atoms with Crippen LogP contribution in [0.25, 0.3) is 0 Å². The standard InChI is InChI=1S/C14H16N4O5/c1-4-17-13(12(8-15-17)18(20)21)14(19)16-9-5-10(22-2)7-11(6-9)23-3/h5-8H,4H2,1-3H3,(H,16,19). The lowest BCUT2D eigenvalue weighted by Crippen LogP contribution is -2.18. The fraction of sp³-hybridized carbons (Fsp3) is 0.286. The van der Waals surface area contributed by atoms with Gasteiger partial charge in [-0.15, -0.1) is 0 Å². The smallest absolute Gasteiger partial charge is 0.320 e. The number of methoxy groups -OCH3 is 2. The van der Waals surface area contributed by atoms with Gasteiger partial charge >= 0.3 is 5.69 Å². The molecular weight excluding hydrogens is 304 g/mol. The molecule has 1 N–H and O–H groups in total. The number of nitrogens with zero attached hydrogens (tertiary/aromatic N) is 3. The van der Waals surface area contributed by atoms with Crippen LogP contribution in [0.15, 0.2) is 24.4 Å². The van der Waals surface area contributed by atoms with Gasteiger partial charge in [0.25, 0.3) is 5.91 Å². The van der Waals surface area contributed by atoms with Crippen molar-refractivity contribution in [1.82, 2.24) is 9.78 Å². The van der Waals surface area contributed by atoms with Crippen LogP contribution in [-0.2, 0) is 6.54 Å². The Hall–Kier alpha value is -3.10. The van der Waals surface area contributed by atoms with Gasteiger partial charge in [0.05, 0.1) is 19.1 Å². The SMILES string of the molecule is CCn1ncc([N+](=O)[O-])c1C(=O)Nc1cc(OC)cc(OC)c1. The van der Waals surface area contributed by atoms with E-state index in [-0.39, 0.29) is 11.4 Å². The lowest BCUT2D eigenvalue weighted by atomic mass is 10.2. The van der Waals surface area contributed by atoms with Crippen LogP contribution in [0.1, 0.15) is 17.4 Å². The third-order valence-corrected chi connectivity index (χ3v) is 3.14. The second-order valence-electron chi connectivity index (χ2n) is 4.51. The maximum absolute atomic E-state index is 12.4. The Morgan fingerprint density at radius 3 is 2.39 bits per heavy atom. The van der Waals surface area contributed by atoms with E-state index < -0.39 is 10.8 Å². The normalized spacial score (nSPS) is 10.2. The molecule has 0 saturated heterocycles. The van der Waals surface area contributed by atoms with E-state index in [0.717, 1.165) is 6.20 Å². The lowest BCUT2D eigenvalue weighted by Gasteiger charge is -2.10. The summed E-state index contributed by atoms with van der Waals surface area (Å²) in [4.78, 5) is 22.8. The summed E-state index contributed by atoms with van der Waals surface area (Å²) in [6, 6.07) is 4.81. The first-order valence-corrected chi connectivity index (χ1v) is 6.74. The molecular formula is C14H16N4O5. The van der Waals surface area contributed by atoms with Crippen molar-refractivity contribution in [3.63, 3.8) is 0 Å². The number of nitro groups is 1. The number of amides is 1. The number of ether oxygens (including phenoxy) is 2. The highest BCUT2D eigenvalue weighted by Crippen LogP contribution is 2.27. The highest BCUT2D eigenvalue weighted by Gasteiger charge is 2.26. The molecule has 1 heterocycles. The van der Waals surface area contributed by atoms with Gasteiger partial charge in [-0.05, 0) is 6.92 Å². The van der Waals surface area contributed by atoms with E-state index >= 15 is 0 Å². The molecule has 0 bridgehead atoms. The quantitative estimate of drug-likeness (QED) is 0.645. The molecule has 0 aliphatic carbocycles. The number of benzene rings is 1. The van der Waals surface area contributed by atoms with Gasteiger partial charge in [0.2, 0.25) is 5.69 Å². The second-order valence-corrected chi connectivity index (χ2v) is 4.51. The van der Waals surface area contributed by atoms with Crippen LogP contribution in [0.2, 0.25) is 0 Å². The molecule has 0 saturated carbocycles. The molecule has 0 radical (unpaired) electrons. The number of hydrogen-bond donors (Lipinski definition) is 1. The highest BCUT2D eigenvalue weighted by atomic mass is 16.6. The zero-order chi connectivity index (χ0) is 17.0. The summed E-state index contributed by atoms with van der Waals surface area (Å²) >= 11 is 0. The van der Waals surface area contributed by atoms with Gasteiger partial charge in [-0.25, -0.2) is 0 Å². The van der Waals surface area contributed by atoms with E-state index in [9.17, 15) is 14.9 Å². The Kier molecular flexibility index (Phi) is 4.79. The maximum atomic E-state index is 12.4. The molecule has 0 fully saturated rings. The van der Waals surface area contributed by atoms with E-state index in [2.05, 4.69) is 10.4 Å². The Morgan fingerprint density at radius 2 is 1.91 bits per heavy atom. The van der Waals surface area contributed by atoms with Crippen LogP contribution in [0.5, 0.6) is 11.5 Å². The molecule has 0 aliphatic rings. The number of hydrogen-bond acceptors (Lipinski definition) is 6. The molecule has 2 rings (SSSR count). The average molecular weight is 320 g/mol. The molecule has 2 aromatic rings. The van der Waals surface area contributed by atoms with Crippen molar-refractivity contribution < 1.29 is 19.2 Å². The van der Waals surface area contributed by atoms with Crippen LogP contribution in [0.4, 0.5) is 11.4 Å². The zero-order valence-electron chi connectivity index (χ0n) is 12.9. The molecule has 23 heavy (non-hydrogen) atoms. The zero-order valence-corrected chi connectivity index (χ0v) is 12.9. The number of anilines is 1. The van der Waals surface area contributed by atoms with Crippen LogP contribution in [0, 0.1) is 10.1 Å². The minimum Gasteiger partial charge on any atom is -0.497 e. The number of aromatic nitrogens is 2. The first kappa shape index (κ1) is 16.3. The van der Waals surface area contributed by atoms with E-state index in [4.69, 9.17) is 9.47 Å². The Morgan fingerprint density at radius 1 is 1.30 bits per heavy atom. The van der Waals surface area contributed by atoms with Gasteiger partial charge in [0.15, 0.2) is 0 Å². The molecule has 0 unspecified atom stereocenters. The van der Waals surface area contributed by atoms with Gasteiger partial charge in [-0.3, -0.25) is 19.6 Å². The minimum atomic E-state index is -0.639. The summed E-state index contributed by atoms with van der Waals surface area (Å²) in [5, 5.41) is 17.5. The number of rotatable bonds is 6. The summed E-state index contributed by atoms with van der Waals surface area (Å²) in [6.07, 6.45) is 1.06. The monoisotopic (exact) mass is 320 g/mol. The van der Waals surface area contributed by atoms with E-state index in [1.807, 2.05) is 0 Å². The van der Waals surface area contributed by atoms with Gasteiger partial charge in [0, 0.05) is 30.4 Å². The summed E-state index contributed by atoms with van der Waals surface area (Å²) in [6.45, 7) is 2.07. The molecule has 1 aromatic carbocycles. The highest BCUT2D eigenvalue weighted by molar-refractivity contribution is 6.05. The fourth-order valence-electron chi connectivity index (χ4n) is 2.05. The van der Waals surface area contributed by atoms with E-state index in [0.29, 0.717) is 23.7 Å². The van der Waals surface area contributed by atoms with Gasteiger partial charge in [0.1, 0.15) is 17.7 Å². The molecule has 0 atom stereocenters. The van der Waals surface area contributed by atoms with Crippen LogP contribution < -0.4 is 14.8 Å². The van der Waals surface area contributed by atoms with Crippen LogP contribution >= 0.6 is 0 Å². The number of nitrogens with one attached hydrogen (secondary N) is 1. The molecule has 9 nitrogen and oxygen atoms in total. The average Bonchev–Trinajstić information content (AvgIpc) is 2.98. The fourth-order valence-corrected chi connectivity index (χ4v) is 2.05. The topological polar surface area (TPSA) is 109 Å². The van der Waals surface area contributed by atoms with E-state index in [1.165, 1.54) is 18.9 Å². The van der Waals surface area contributed by atoms with Crippen LogP contribution in [-0.4, -0.2) is 34.8 Å². The Balaban J connectivity index is 2.36. The van der Waals surface area contributed by atoms with Gasteiger partial charge in [-0.2, -0.15) is 5.10 Å². The first-order valence-electron chi connectivity index (χ1n) is 6.74. The van der Waals surface area contributed by atoms with Crippen molar-refractivity contribution in [3.05, 3.63) is 40.2 Å². The summed E-state index contributed by atoms with van der Waals surface area (Å²) < 4.78 is 11.5. The van der Waals surface area contributed by atoms with Crippen molar-refractivity contribution in [1.29, 1.82) is 0 Å². The summed E-state index contributed by atoms with van der Waals surface area (Å²) in [7, 11) is 2.97. The number of aryl methyl sites for hydroxylation is 1. The maximum Gasteiger partial charge on any atom is 0.320 e. The van der Waals surface area contributed by atoms with Crippen molar-refractivity contribution in [2.24, 2.45) is 0 Å². The Labute approximate surface area is 132 Å². The van der Waals surface area contributed by atoms with Gasteiger partial charge < -0.3 is 14.8 Å². The number of carbonyl (C=O) groups is 1.